The molecule has 2 rings (SSSR count). The summed E-state index contributed by atoms with van der Waals surface area (Å²) in [6, 6.07) is 0. The molecule has 1 atom stereocenters. The molecule has 1 aliphatic heterocycles. The van der Waals surface area contributed by atoms with Gasteiger partial charge in [-0.15, -0.1) is 0 Å². The van der Waals surface area contributed by atoms with E-state index in [1.165, 1.54) is 17.4 Å². The van der Waals surface area contributed by atoms with Crippen LogP contribution in [0.1, 0.15) is 39.3 Å². The molecule has 22 heavy (non-hydrogen) atoms. The number of hydrogen-bond acceptors (Lipinski definition) is 4. The molecular formula is C16H27N3O2S. The van der Waals surface area contributed by atoms with E-state index >= 15 is 0 Å². The first-order valence-electron chi connectivity index (χ1n) is 7.96. The second-order valence-electron chi connectivity index (χ2n) is 7.01. The van der Waals surface area contributed by atoms with Gasteiger partial charge in [0.05, 0.1) is 0 Å². The summed E-state index contributed by atoms with van der Waals surface area (Å²) in [4.78, 5) is 26.2. The first kappa shape index (κ1) is 17.2. The SMILES string of the molecule is Cc1csc(=O)n1CC(=O)NCC(C)(C)N1CCCC(C)C1. The number of likely N-dealkylation sites (tertiary alicyclic amines) is 1. The molecule has 124 valence electrons. The lowest BCUT2D eigenvalue weighted by Crippen LogP contribution is -2.55. The quantitative estimate of drug-likeness (QED) is 0.899. The minimum absolute atomic E-state index is 0.0566. The molecule has 1 N–H and O–H groups in total. The predicted molar refractivity (Wildman–Crippen MR) is 90.4 cm³/mol. The zero-order valence-corrected chi connectivity index (χ0v) is 14.8. The molecule has 1 saturated heterocycles. The Kier molecular flexibility index (Phi) is 5.45. The molecule has 1 aliphatic rings. The van der Waals surface area contributed by atoms with Crippen LogP contribution in [0.3, 0.4) is 0 Å². The van der Waals surface area contributed by atoms with Crippen LogP contribution in [0.15, 0.2) is 10.2 Å². The van der Waals surface area contributed by atoms with Crippen molar-refractivity contribution in [2.45, 2.75) is 52.6 Å². The van der Waals surface area contributed by atoms with Crippen LogP contribution in [-0.2, 0) is 11.3 Å². The number of carbonyl (C=O) groups is 1. The van der Waals surface area contributed by atoms with Crippen LogP contribution in [-0.4, -0.2) is 40.5 Å². The predicted octanol–water partition coefficient (Wildman–Crippen LogP) is 1.84. The lowest BCUT2D eigenvalue weighted by molar-refractivity contribution is -0.122. The fraction of sp³-hybridized carbons (Fsp3) is 0.750. The Bertz CT molecular complexity index is 576. The van der Waals surface area contributed by atoms with Crippen molar-refractivity contribution in [3.05, 3.63) is 20.7 Å². The fourth-order valence-electron chi connectivity index (χ4n) is 2.96. The first-order valence-corrected chi connectivity index (χ1v) is 8.84. The summed E-state index contributed by atoms with van der Waals surface area (Å²) >= 11 is 1.14. The molecule has 0 saturated carbocycles. The summed E-state index contributed by atoms with van der Waals surface area (Å²) < 4.78 is 1.52. The van der Waals surface area contributed by atoms with Crippen molar-refractivity contribution in [1.29, 1.82) is 0 Å². The van der Waals surface area contributed by atoms with Gasteiger partial charge in [0.1, 0.15) is 6.54 Å². The topological polar surface area (TPSA) is 54.3 Å². The van der Waals surface area contributed by atoms with Crippen LogP contribution in [0.4, 0.5) is 0 Å². The summed E-state index contributed by atoms with van der Waals surface area (Å²) in [5.74, 6) is 0.623. The highest BCUT2D eigenvalue weighted by Gasteiger charge is 2.30. The lowest BCUT2D eigenvalue weighted by atomic mass is 9.93. The maximum absolute atomic E-state index is 12.1. The van der Waals surface area contributed by atoms with E-state index in [4.69, 9.17) is 0 Å². The molecule has 0 aliphatic carbocycles. The molecule has 1 aromatic heterocycles. The highest BCUT2D eigenvalue weighted by molar-refractivity contribution is 7.07. The van der Waals surface area contributed by atoms with E-state index in [0.717, 1.165) is 36.0 Å². The largest absolute Gasteiger partial charge is 0.353 e. The first-order chi connectivity index (χ1) is 10.3. The Balaban J connectivity index is 1.88. The molecule has 1 fully saturated rings. The van der Waals surface area contributed by atoms with Crippen LogP contribution < -0.4 is 10.2 Å². The molecule has 0 spiro atoms. The fourth-order valence-corrected chi connectivity index (χ4v) is 3.70. The molecule has 1 amide bonds. The number of thiazole rings is 1. The third kappa shape index (κ3) is 4.20. The molecule has 0 bridgehead atoms. The smallest absolute Gasteiger partial charge is 0.307 e. The standard InChI is InChI=1S/C16H27N3O2S/c1-12-6-5-7-18(8-12)16(3,4)11-17-14(20)9-19-13(2)10-22-15(19)21/h10,12H,5-9,11H2,1-4H3,(H,17,20). The number of nitrogens with zero attached hydrogens (tertiary/aromatic N) is 2. The van der Waals surface area contributed by atoms with Gasteiger partial charge < -0.3 is 5.32 Å². The van der Waals surface area contributed by atoms with E-state index in [1.54, 1.807) is 5.38 Å². The van der Waals surface area contributed by atoms with Gasteiger partial charge in [0.2, 0.25) is 5.91 Å². The molecule has 5 nitrogen and oxygen atoms in total. The summed E-state index contributed by atoms with van der Waals surface area (Å²) in [6.45, 7) is 11.4. The molecule has 0 aromatic carbocycles. The van der Waals surface area contributed by atoms with Crippen molar-refractivity contribution in [2.24, 2.45) is 5.92 Å². The third-order valence-corrected chi connectivity index (χ3v) is 5.39. The third-order valence-electron chi connectivity index (χ3n) is 4.51. The lowest BCUT2D eigenvalue weighted by Gasteiger charge is -2.43. The number of aromatic nitrogens is 1. The highest BCUT2D eigenvalue weighted by atomic mass is 32.1. The zero-order valence-electron chi connectivity index (χ0n) is 14.0. The van der Waals surface area contributed by atoms with E-state index in [-0.39, 0.29) is 22.9 Å². The average Bonchev–Trinajstić information content (AvgIpc) is 2.77. The van der Waals surface area contributed by atoms with E-state index in [2.05, 4.69) is 31.0 Å². The Labute approximate surface area is 136 Å². The number of piperidine rings is 1. The number of rotatable bonds is 5. The average molecular weight is 325 g/mol. The summed E-state index contributed by atoms with van der Waals surface area (Å²) in [6.07, 6.45) is 2.52. The normalized spacial score (nSPS) is 20.1. The molecule has 1 aromatic rings. The van der Waals surface area contributed by atoms with Gasteiger partial charge in [-0.3, -0.25) is 19.1 Å². The molecular weight excluding hydrogens is 298 g/mol. The molecule has 1 unspecified atom stereocenters. The zero-order chi connectivity index (χ0) is 16.3. The van der Waals surface area contributed by atoms with Crippen molar-refractivity contribution in [1.82, 2.24) is 14.8 Å². The Hall–Kier alpha value is -1.14. The highest BCUT2D eigenvalue weighted by Crippen LogP contribution is 2.23. The Morgan fingerprint density at radius 1 is 1.50 bits per heavy atom. The molecule has 6 heteroatoms. The van der Waals surface area contributed by atoms with Crippen molar-refractivity contribution in [2.75, 3.05) is 19.6 Å². The van der Waals surface area contributed by atoms with Crippen LogP contribution >= 0.6 is 11.3 Å². The van der Waals surface area contributed by atoms with E-state index in [9.17, 15) is 9.59 Å². The van der Waals surface area contributed by atoms with Gasteiger partial charge in [0.25, 0.3) is 0 Å². The molecule has 0 radical (unpaired) electrons. The van der Waals surface area contributed by atoms with Crippen molar-refractivity contribution < 1.29 is 4.79 Å². The van der Waals surface area contributed by atoms with Crippen LogP contribution in [0.5, 0.6) is 0 Å². The Morgan fingerprint density at radius 3 is 2.82 bits per heavy atom. The second kappa shape index (κ2) is 6.96. The molecule has 2 heterocycles. The minimum Gasteiger partial charge on any atom is -0.353 e. The van der Waals surface area contributed by atoms with E-state index < -0.39 is 0 Å². The Morgan fingerprint density at radius 2 is 2.23 bits per heavy atom. The number of amides is 1. The van der Waals surface area contributed by atoms with Gasteiger partial charge in [-0.1, -0.05) is 18.3 Å². The maximum atomic E-state index is 12.1. The number of aryl methyl sites for hydroxylation is 1. The van der Waals surface area contributed by atoms with Gasteiger partial charge in [-0.25, -0.2) is 0 Å². The minimum atomic E-state index is -0.0956. The van der Waals surface area contributed by atoms with Crippen LogP contribution in [0.2, 0.25) is 0 Å². The van der Waals surface area contributed by atoms with E-state index in [0.29, 0.717) is 6.54 Å². The van der Waals surface area contributed by atoms with Gasteiger partial charge in [-0.05, 0) is 46.1 Å². The maximum Gasteiger partial charge on any atom is 0.307 e. The summed E-state index contributed by atoms with van der Waals surface area (Å²) in [5.41, 5.74) is 0.785. The van der Waals surface area contributed by atoms with Gasteiger partial charge in [-0.2, -0.15) is 0 Å². The van der Waals surface area contributed by atoms with Gasteiger partial charge in [0, 0.05) is 29.7 Å². The van der Waals surface area contributed by atoms with Gasteiger partial charge >= 0.3 is 4.87 Å². The van der Waals surface area contributed by atoms with Crippen LogP contribution in [0.25, 0.3) is 0 Å². The second-order valence-corrected chi connectivity index (χ2v) is 7.83. The van der Waals surface area contributed by atoms with Crippen molar-refractivity contribution >= 4 is 17.2 Å². The van der Waals surface area contributed by atoms with E-state index in [1.807, 2.05) is 6.92 Å². The van der Waals surface area contributed by atoms with Gasteiger partial charge in [0.15, 0.2) is 0 Å². The number of nitrogens with one attached hydrogen (secondary N) is 1. The summed E-state index contributed by atoms with van der Waals surface area (Å²) in [5, 5.41) is 4.78. The van der Waals surface area contributed by atoms with Crippen molar-refractivity contribution in [3.8, 4) is 0 Å². The number of carbonyl (C=O) groups excluding carboxylic acids is 1. The monoisotopic (exact) mass is 325 g/mol. The van der Waals surface area contributed by atoms with Crippen molar-refractivity contribution in [3.63, 3.8) is 0 Å². The van der Waals surface area contributed by atoms with Crippen LogP contribution in [0, 0.1) is 12.8 Å². The summed E-state index contributed by atoms with van der Waals surface area (Å²) in [7, 11) is 0. The number of hydrogen-bond donors (Lipinski definition) is 1.